The van der Waals surface area contributed by atoms with Gasteiger partial charge in [0.15, 0.2) is 11.5 Å². The summed E-state index contributed by atoms with van der Waals surface area (Å²) in [5.74, 6) is 1.60. The van der Waals surface area contributed by atoms with E-state index in [4.69, 9.17) is 26.2 Å². The average Bonchev–Trinajstić information content (AvgIpc) is 3.58. The van der Waals surface area contributed by atoms with Gasteiger partial charge in [-0.25, -0.2) is 4.68 Å². The number of nitrogens with zero attached hydrogens (tertiary/aromatic N) is 3. The number of carbonyl (C=O) groups excluding carboxylic acids is 2. The van der Waals surface area contributed by atoms with Crippen LogP contribution >= 0.6 is 23.4 Å². The predicted molar refractivity (Wildman–Crippen MR) is 161 cm³/mol. The van der Waals surface area contributed by atoms with Crippen molar-refractivity contribution in [2.24, 2.45) is 0 Å². The summed E-state index contributed by atoms with van der Waals surface area (Å²) in [6.07, 6.45) is 0.780. The number of thioether (sulfide) groups is 1. The quantitative estimate of drug-likeness (QED) is 0.285. The molecule has 0 aliphatic carbocycles. The number of aromatic nitrogens is 2. The van der Waals surface area contributed by atoms with Crippen LogP contribution in [-0.4, -0.2) is 46.7 Å². The van der Waals surface area contributed by atoms with Crippen LogP contribution in [0.25, 0.3) is 16.9 Å². The number of para-hydroxylation sites is 1. The molecule has 8 nitrogen and oxygen atoms in total. The van der Waals surface area contributed by atoms with Gasteiger partial charge < -0.3 is 14.8 Å². The minimum atomic E-state index is -0.294. The second-order valence-electron chi connectivity index (χ2n) is 9.98. The number of anilines is 1. The molecule has 41 heavy (non-hydrogen) atoms. The van der Waals surface area contributed by atoms with E-state index in [1.54, 1.807) is 15.6 Å². The third-order valence-corrected chi connectivity index (χ3v) is 8.81. The monoisotopic (exact) mass is 588 g/mol. The molecule has 1 aromatic heterocycles. The topological polar surface area (TPSA) is 85.7 Å². The SMILES string of the molecule is CC[C@@H](C)NC(=O)CN1C(=O)CS[C@@H](c2ccc3c(c2)OCO3)c2c(-c3ccccc3)nn(-c3ccccc3Cl)c21. The Labute approximate surface area is 247 Å². The number of ether oxygens (including phenoxy) is 2. The number of rotatable bonds is 7. The summed E-state index contributed by atoms with van der Waals surface area (Å²) in [7, 11) is 0. The van der Waals surface area contributed by atoms with E-state index in [1.165, 1.54) is 11.8 Å². The summed E-state index contributed by atoms with van der Waals surface area (Å²) in [6, 6.07) is 23.0. The van der Waals surface area contributed by atoms with Gasteiger partial charge in [0.05, 0.1) is 27.4 Å². The fraction of sp³-hybridized carbons (Fsp3) is 0.258. The lowest BCUT2D eigenvalue weighted by Gasteiger charge is -2.24. The van der Waals surface area contributed by atoms with Crippen molar-refractivity contribution in [3.8, 4) is 28.4 Å². The molecule has 6 rings (SSSR count). The van der Waals surface area contributed by atoms with Crippen molar-refractivity contribution in [2.75, 3.05) is 24.0 Å². The normalized spacial score (nSPS) is 16.7. The maximum absolute atomic E-state index is 13.9. The standard InChI is InChI=1S/C31H29ClN4O4S/c1-3-19(2)33-26(37)16-35-27(38)17-41-30(21-13-14-24-25(15-21)40-18-39-24)28-29(20-9-5-4-6-10-20)34-36(31(28)35)23-12-8-7-11-22(23)32/h4-15,19,30H,3,16-18H2,1-2H3,(H,33,37)/t19-,30+/m1/s1. The van der Waals surface area contributed by atoms with Crippen molar-refractivity contribution < 1.29 is 19.1 Å². The van der Waals surface area contributed by atoms with Gasteiger partial charge in [0.25, 0.3) is 0 Å². The molecule has 2 aliphatic heterocycles. The Hall–Kier alpha value is -3.95. The summed E-state index contributed by atoms with van der Waals surface area (Å²) >= 11 is 8.21. The first-order valence-electron chi connectivity index (χ1n) is 13.5. The molecule has 2 atom stereocenters. The van der Waals surface area contributed by atoms with Crippen LogP contribution in [0.1, 0.15) is 36.6 Å². The van der Waals surface area contributed by atoms with E-state index in [0.29, 0.717) is 33.7 Å². The van der Waals surface area contributed by atoms with Crippen molar-refractivity contribution in [3.63, 3.8) is 0 Å². The summed E-state index contributed by atoms with van der Waals surface area (Å²) in [5.41, 5.74) is 3.97. The van der Waals surface area contributed by atoms with Crippen LogP contribution in [0.4, 0.5) is 5.82 Å². The second-order valence-corrected chi connectivity index (χ2v) is 11.5. The van der Waals surface area contributed by atoms with Gasteiger partial charge >= 0.3 is 0 Å². The maximum Gasteiger partial charge on any atom is 0.240 e. The number of hydrogen-bond acceptors (Lipinski definition) is 6. The van der Waals surface area contributed by atoms with Crippen LogP contribution in [0.5, 0.6) is 11.5 Å². The lowest BCUT2D eigenvalue weighted by molar-refractivity contribution is -0.123. The molecule has 10 heteroatoms. The highest BCUT2D eigenvalue weighted by atomic mass is 35.5. The fourth-order valence-corrected chi connectivity index (χ4v) is 6.43. The molecule has 210 valence electrons. The van der Waals surface area contributed by atoms with Gasteiger partial charge in [-0.2, -0.15) is 5.10 Å². The molecule has 0 bridgehead atoms. The highest BCUT2D eigenvalue weighted by molar-refractivity contribution is 8.00. The van der Waals surface area contributed by atoms with Crippen LogP contribution in [0.2, 0.25) is 5.02 Å². The van der Waals surface area contributed by atoms with E-state index >= 15 is 0 Å². The minimum absolute atomic E-state index is 0.0202. The van der Waals surface area contributed by atoms with Crippen LogP contribution in [0.3, 0.4) is 0 Å². The molecule has 0 saturated carbocycles. The van der Waals surface area contributed by atoms with Crippen molar-refractivity contribution in [1.29, 1.82) is 0 Å². The van der Waals surface area contributed by atoms with Crippen LogP contribution in [0, 0.1) is 0 Å². The summed E-state index contributed by atoms with van der Waals surface area (Å²) < 4.78 is 13.0. The zero-order valence-corrected chi connectivity index (χ0v) is 24.2. The Morgan fingerprint density at radius 1 is 1.10 bits per heavy atom. The van der Waals surface area contributed by atoms with E-state index in [2.05, 4.69) is 5.32 Å². The second kappa shape index (κ2) is 11.5. The number of halogens is 1. The molecule has 0 fully saturated rings. The average molecular weight is 589 g/mol. The van der Waals surface area contributed by atoms with Gasteiger partial charge in [-0.15, -0.1) is 11.8 Å². The predicted octanol–water partition coefficient (Wildman–Crippen LogP) is 6.01. The van der Waals surface area contributed by atoms with Crippen molar-refractivity contribution >= 4 is 41.0 Å². The number of fused-ring (bicyclic) bond motifs is 2. The fourth-order valence-electron chi connectivity index (χ4n) is 5.03. The maximum atomic E-state index is 13.9. The Bertz CT molecular complexity index is 1610. The molecule has 2 aliphatic rings. The molecule has 0 saturated heterocycles. The first-order valence-corrected chi connectivity index (χ1v) is 14.9. The van der Waals surface area contributed by atoms with E-state index in [-0.39, 0.29) is 42.2 Å². The number of amides is 2. The van der Waals surface area contributed by atoms with Gasteiger partial charge in [0.1, 0.15) is 12.4 Å². The lowest BCUT2D eigenvalue weighted by Crippen LogP contribution is -2.44. The van der Waals surface area contributed by atoms with Gasteiger partial charge in [0.2, 0.25) is 18.6 Å². The van der Waals surface area contributed by atoms with Gasteiger partial charge in [-0.05, 0) is 43.2 Å². The number of benzene rings is 3. The van der Waals surface area contributed by atoms with Crippen molar-refractivity contribution in [3.05, 3.63) is 88.9 Å². The molecular formula is C31H29ClN4O4S. The molecule has 1 N–H and O–H groups in total. The van der Waals surface area contributed by atoms with Crippen LogP contribution in [0.15, 0.2) is 72.8 Å². The highest BCUT2D eigenvalue weighted by Gasteiger charge is 2.38. The van der Waals surface area contributed by atoms with Crippen molar-refractivity contribution in [1.82, 2.24) is 15.1 Å². The zero-order valence-electron chi connectivity index (χ0n) is 22.7. The molecular weight excluding hydrogens is 560 g/mol. The third-order valence-electron chi connectivity index (χ3n) is 7.24. The van der Waals surface area contributed by atoms with E-state index in [9.17, 15) is 9.59 Å². The number of hydrogen-bond donors (Lipinski definition) is 1. The summed E-state index contributed by atoms with van der Waals surface area (Å²) in [4.78, 5) is 28.6. The smallest absolute Gasteiger partial charge is 0.240 e. The molecule has 3 aromatic carbocycles. The number of carbonyl (C=O) groups is 2. The highest BCUT2D eigenvalue weighted by Crippen LogP contribution is 2.50. The van der Waals surface area contributed by atoms with E-state index < -0.39 is 0 Å². The zero-order chi connectivity index (χ0) is 28.5. The van der Waals surface area contributed by atoms with Gasteiger partial charge in [-0.1, -0.05) is 67.1 Å². The molecule has 0 radical (unpaired) electrons. The van der Waals surface area contributed by atoms with Crippen LogP contribution in [-0.2, 0) is 9.59 Å². The molecule has 0 unspecified atom stereocenters. The Kier molecular flexibility index (Phi) is 7.64. The third kappa shape index (κ3) is 5.27. The first-order chi connectivity index (χ1) is 19.9. The Morgan fingerprint density at radius 3 is 2.63 bits per heavy atom. The molecule has 4 aromatic rings. The van der Waals surface area contributed by atoms with Gasteiger partial charge in [-0.3, -0.25) is 14.5 Å². The minimum Gasteiger partial charge on any atom is -0.454 e. The van der Waals surface area contributed by atoms with E-state index in [1.807, 2.05) is 80.6 Å². The first kappa shape index (κ1) is 27.2. The molecule has 2 amide bonds. The van der Waals surface area contributed by atoms with Crippen LogP contribution < -0.4 is 19.7 Å². The van der Waals surface area contributed by atoms with E-state index in [0.717, 1.165) is 23.1 Å². The summed E-state index contributed by atoms with van der Waals surface area (Å²) in [5, 5.41) is 8.28. The summed E-state index contributed by atoms with van der Waals surface area (Å²) in [6.45, 7) is 3.97. The Morgan fingerprint density at radius 2 is 1.85 bits per heavy atom. The largest absolute Gasteiger partial charge is 0.454 e. The van der Waals surface area contributed by atoms with Crippen molar-refractivity contribution in [2.45, 2.75) is 31.6 Å². The van der Waals surface area contributed by atoms with Gasteiger partial charge in [0, 0.05) is 17.2 Å². The lowest BCUT2D eigenvalue weighted by atomic mass is 9.99. The molecule has 3 heterocycles. The Balaban J connectivity index is 1.60. The number of nitrogens with one attached hydrogen (secondary N) is 1. The molecule has 0 spiro atoms.